The molecule has 2 aliphatic rings. The minimum absolute atomic E-state index is 0.118. The average molecular weight is 362 g/mol. The number of hydrogen-bond donors (Lipinski definition) is 0. The van der Waals surface area contributed by atoms with Crippen LogP contribution in [0.5, 0.6) is 0 Å². The number of nitrogens with zero attached hydrogens (tertiary/aromatic N) is 6. The van der Waals surface area contributed by atoms with Gasteiger partial charge < -0.3 is 24.3 Å². The summed E-state index contributed by atoms with van der Waals surface area (Å²) in [7, 11) is 0. The monoisotopic (exact) mass is 362 g/mol. The molecule has 0 N–H and O–H groups in total. The van der Waals surface area contributed by atoms with Crippen molar-refractivity contribution in [3.63, 3.8) is 0 Å². The number of aromatic nitrogens is 2. The molecule has 0 unspecified atom stereocenters. The van der Waals surface area contributed by atoms with Gasteiger partial charge in [-0.2, -0.15) is 0 Å². The Bertz CT molecular complexity index is 639. The fourth-order valence-electron chi connectivity index (χ4n) is 3.27. The predicted molar refractivity (Wildman–Crippen MR) is 97.3 cm³/mol. The summed E-state index contributed by atoms with van der Waals surface area (Å²) in [5.74, 6) is 1.87. The largest absolute Gasteiger partial charge is 0.450 e. The van der Waals surface area contributed by atoms with Gasteiger partial charge in [-0.3, -0.25) is 4.79 Å². The van der Waals surface area contributed by atoms with Crippen LogP contribution in [0, 0.1) is 0 Å². The van der Waals surface area contributed by atoms with Crippen LogP contribution >= 0.6 is 0 Å². The summed E-state index contributed by atoms with van der Waals surface area (Å²) in [6.07, 6.45) is 1.33. The molecule has 3 heterocycles. The Hall–Kier alpha value is -2.58. The third kappa shape index (κ3) is 4.14. The van der Waals surface area contributed by atoms with Crippen LogP contribution in [0.1, 0.15) is 13.8 Å². The fraction of sp³-hybridized carbons (Fsp3) is 0.647. The molecule has 9 heteroatoms. The van der Waals surface area contributed by atoms with Gasteiger partial charge in [0, 0.05) is 65.3 Å². The molecule has 0 aromatic carbocycles. The standard InChI is InChI=1S/C17H26N6O3/c1-3-26-17(25)23-10-8-22(9-11-23)16-12-15(18-13-19-16)21-6-4-20(5-7-21)14(2)24/h12-13H,3-11H2,1-2H3. The molecule has 3 rings (SSSR count). The second-order valence-corrected chi connectivity index (χ2v) is 6.40. The molecule has 1 aromatic heterocycles. The van der Waals surface area contributed by atoms with Crippen molar-refractivity contribution in [1.82, 2.24) is 19.8 Å². The Morgan fingerprint density at radius 1 is 0.923 bits per heavy atom. The predicted octanol–water partition coefficient (Wildman–Crippen LogP) is 0.424. The van der Waals surface area contributed by atoms with E-state index in [1.807, 2.05) is 17.9 Å². The molecule has 0 spiro atoms. The summed E-state index contributed by atoms with van der Waals surface area (Å²) in [4.78, 5) is 40.0. The zero-order chi connectivity index (χ0) is 18.5. The maximum Gasteiger partial charge on any atom is 0.409 e. The number of rotatable bonds is 3. The quantitative estimate of drug-likeness (QED) is 0.771. The van der Waals surface area contributed by atoms with Crippen LogP contribution in [0.15, 0.2) is 12.4 Å². The molecule has 1 aromatic rings. The number of hydrogen-bond acceptors (Lipinski definition) is 7. The number of amides is 2. The average Bonchev–Trinajstić information content (AvgIpc) is 2.68. The first-order valence-corrected chi connectivity index (χ1v) is 9.07. The highest BCUT2D eigenvalue weighted by atomic mass is 16.6. The summed E-state index contributed by atoms with van der Waals surface area (Å²) in [5, 5.41) is 0. The number of ether oxygens (including phenoxy) is 1. The van der Waals surface area contributed by atoms with E-state index in [4.69, 9.17) is 4.74 Å². The summed E-state index contributed by atoms with van der Waals surface area (Å²) in [5.41, 5.74) is 0. The van der Waals surface area contributed by atoms with Gasteiger partial charge in [-0.15, -0.1) is 0 Å². The van der Waals surface area contributed by atoms with Gasteiger partial charge in [-0.05, 0) is 6.92 Å². The van der Waals surface area contributed by atoms with E-state index in [0.717, 1.165) is 24.7 Å². The fourth-order valence-corrected chi connectivity index (χ4v) is 3.27. The maximum atomic E-state index is 11.8. The highest BCUT2D eigenvalue weighted by Crippen LogP contribution is 2.20. The molecule has 0 radical (unpaired) electrons. The number of carbonyl (C=O) groups excluding carboxylic acids is 2. The lowest BCUT2D eigenvalue weighted by Gasteiger charge is -2.36. The van der Waals surface area contributed by atoms with Gasteiger partial charge in [0.25, 0.3) is 0 Å². The molecule has 2 fully saturated rings. The lowest BCUT2D eigenvalue weighted by atomic mass is 10.3. The van der Waals surface area contributed by atoms with Crippen LogP contribution in [0.3, 0.4) is 0 Å². The van der Waals surface area contributed by atoms with Crippen molar-refractivity contribution in [3.8, 4) is 0 Å². The van der Waals surface area contributed by atoms with Crippen molar-refractivity contribution in [2.75, 3.05) is 68.8 Å². The first-order chi connectivity index (χ1) is 12.6. The molecular weight excluding hydrogens is 336 g/mol. The van der Waals surface area contributed by atoms with Crippen LogP contribution < -0.4 is 9.80 Å². The van der Waals surface area contributed by atoms with Gasteiger partial charge in [0.2, 0.25) is 5.91 Å². The second-order valence-electron chi connectivity index (χ2n) is 6.40. The van der Waals surface area contributed by atoms with Gasteiger partial charge in [0.15, 0.2) is 0 Å². The van der Waals surface area contributed by atoms with Crippen LogP contribution in [0.4, 0.5) is 16.4 Å². The van der Waals surface area contributed by atoms with E-state index in [0.29, 0.717) is 45.9 Å². The van der Waals surface area contributed by atoms with E-state index < -0.39 is 0 Å². The van der Waals surface area contributed by atoms with Crippen LogP contribution in [-0.4, -0.2) is 90.7 Å². The lowest BCUT2D eigenvalue weighted by molar-refractivity contribution is -0.129. The molecule has 0 aliphatic carbocycles. The van der Waals surface area contributed by atoms with Crippen molar-refractivity contribution >= 4 is 23.6 Å². The Balaban J connectivity index is 1.58. The van der Waals surface area contributed by atoms with Crippen molar-refractivity contribution in [3.05, 3.63) is 12.4 Å². The molecular formula is C17H26N6O3. The van der Waals surface area contributed by atoms with Crippen molar-refractivity contribution in [2.45, 2.75) is 13.8 Å². The second kappa shape index (κ2) is 8.20. The summed E-state index contributed by atoms with van der Waals surface area (Å²) >= 11 is 0. The zero-order valence-electron chi connectivity index (χ0n) is 15.4. The molecule has 0 bridgehead atoms. The van der Waals surface area contributed by atoms with E-state index in [1.165, 1.54) is 0 Å². The minimum atomic E-state index is -0.251. The first-order valence-electron chi connectivity index (χ1n) is 9.07. The molecule has 9 nitrogen and oxygen atoms in total. The molecule has 2 amide bonds. The SMILES string of the molecule is CCOC(=O)N1CCN(c2cc(N3CCN(C(C)=O)CC3)ncn2)CC1. The van der Waals surface area contributed by atoms with Crippen molar-refractivity contribution in [1.29, 1.82) is 0 Å². The van der Waals surface area contributed by atoms with Crippen molar-refractivity contribution < 1.29 is 14.3 Å². The molecule has 2 saturated heterocycles. The smallest absolute Gasteiger partial charge is 0.409 e. The topological polar surface area (TPSA) is 82.1 Å². The molecule has 26 heavy (non-hydrogen) atoms. The first kappa shape index (κ1) is 18.2. The van der Waals surface area contributed by atoms with Gasteiger partial charge in [0.1, 0.15) is 18.0 Å². The minimum Gasteiger partial charge on any atom is -0.450 e. The summed E-state index contributed by atoms with van der Waals surface area (Å²) in [6, 6.07) is 1.99. The van der Waals surface area contributed by atoms with Crippen LogP contribution in [-0.2, 0) is 9.53 Å². The van der Waals surface area contributed by atoms with Crippen LogP contribution in [0.2, 0.25) is 0 Å². The normalized spacial score (nSPS) is 18.1. The summed E-state index contributed by atoms with van der Waals surface area (Å²) < 4.78 is 5.05. The number of carbonyl (C=O) groups is 2. The number of piperazine rings is 2. The van der Waals surface area contributed by atoms with Gasteiger partial charge in [-0.25, -0.2) is 14.8 Å². The molecule has 0 saturated carbocycles. The van der Waals surface area contributed by atoms with Crippen molar-refractivity contribution in [2.24, 2.45) is 0 Å². The third-order valence-electron chi connectivity index (χ3n) is 4.82. The molecule has 2 aliphatic heterocycles. The third-order valence-corrected chi connectivity index (χ3v) is 4.82. The molecule has 142 valence electrons. The van der Waals surface area contributed by atoms with Gasteiger partial charge >= 0.3 is 6.09 Å². The molecule has 0 atom stereocenters. The Morgan fingerprint density at radius 2 is 1.42 bits per heavy atom. The van der Waals surface area contributed by atoms with Crippen LogP contribution in [0.25, 0.3) is 0 Å². The van der Waals surface area contributed by atoms with E-state index in [9.17, 15) is 9.59 Å². The summed E-state index contributed by atoms with van der Waals surface area (Å²) in [6.45, 7) is 9.46. The lowest BCUT2D eigenvalue weighted by Crippen LogP contribution is -2.49. The number of anilines is 2. The zero-order valence-corrected chi connectivity index (χ0v) is 15.4. The van der Waals surface area contributed by atoms with Gasteiger partial charge in [0.05, 0.1) is 6.61 Å². The van der Waals surface area contributed by atoms with Gasteiger partial charge in [-0.1, -0.05) is 0 Å². The van der Waals surface area contributed by atoms with E-state index in [-0.39, 0.29) is 12.0 Å². The highest BCUT2D eigenvalue weighted by Gasteiger charge is 2.24. The Kier molecular flexibility index (Phi) is 5.75. The van der Waals surface area contributed by atoms with E-state index in [2.05, 4.69) is 19.8 Å². The Labute approximate surface area is 153 Å². The highest BCUT2D eigenvalue weighted by molar-refractivity contribution is 5.73. The maximum absolute atomic E-state index is 11.8. The van der Waals surface area contributed by atoms with E-state index in [1.54, 1.807) is 18.2 Å². The Morgan fingerprint density at radius 3 is 1.88 bits per heavy atom. The van der Waals surface area contributed by atoms with E-state index >= 15 is 0 Å².